The fraction of sp³-hybridized carbons (Fsp3) is 0.294. The van der Waals surface area contributed by atoms with Crippen LogP contribution < -0.4 is 10.1 Å². The number of nitrogens with one attached hydrogen (secondary N) is 1. The number of likely N-dealkylation sites (tertiary alicyclic amines) is 1. The van der Waals surface area contributed by atoms with E-state index in [4.69, 9.17) is 4.74 Å². The van der Waals surface area contributed by atoms with E-state index in [1.54, 1.807) is 11.1 Å². The van der Waals surface area contributed by atoms with Gasteiger partial charge in [0.2, 0.25) is 5.88 Å². The van der Waals surface area contributed by atoms with E-state index >= 15 is 0 Å². The van der Waals surface area contributed by atoms with E-state index in [0.29, 0.717) is 19.0 Å². The number of benzene rings is 1. The molecule has 1 N–H and O–H groups in total. The number of ether oxygens (including phenoxy) is 1. The number of amides is 2. The Morgan fingerprint density at radius 2 is 2.09 bits per heavy atom. The molecule has 1 atom stereocenters. The van der Waals surface area contributed by atoms with Crippen LogP contribution in [0.15, 0.2) is 48.7 Å². The highest BCUT2D eigenvalue weighted by Crippen LogP contribution is 2.18. The molecular formula is C17H19N3O2. The molecule has 0 radical (unpaired) electrons. The monoisotopic (exact) mass is 297 g/mol. The van der Waals surface area contributed by atoms with Crippen LogP contribution in [0.3, 0.4) is 0 Å². The lowest BCUT2D eigenvalue weighted by Crippen LogP contribution is -2.34. The number of anilines is 1. The molecule has 3 rings (SSSR count). The summed E-state index contributed by atoms with van der Waals surface area (Å²) in [5, 5.41) is 2.95. The first kappa shape index (κ1) is 14.4. The van der Waals surface area contributed by atoms with Crippen LogP contribution >= 0.6 is 0 Å². The van der Waals surface area contributed by atoms with E-state index in [-0.39, 0.29) is 12.1 Å². The Kier molecular flexibility index (Phi) is 4.23. The summed E-state index contributed by atoms with van der Waals surface area (Å²) in [6, 6.07) is 13.2. The van der Waals surface area contributed by atoms with Gasteiger partial charge in [-0.25, -0.2) is 9.78 Å². The zero-order valence-corrected chi connectivity index (χ0v) is 12.5. The zero-order chi connectivity index (χ0) is 15.4. The van der Waals surface area contributed by atoms with E-state index in [2.05, 4.69) is 10.3 Å². The SMILES string of the molecule is Cc1ccccc1NC(=O)N1CC[C@@H](Oc2ccccn2)C1. The number of para-hydroxylation sites is 1. The molecule has 0 bridgehead atoms. The van der Waals surface area contributed by atoms with Crippen molar-refractivity contribution in [2.24, 2.45) is 0 Å². The summed E-state index contributed by atoms with van der Waals surface area (Å²) in [6.07, 6.45) is 2.52. The first-order valence-electron chi connectivity index (χ1n) is 7.41. The molecule has 1 fully saturated rings. The first-order valence-corrected chi connectivity index (χ1v) is 7.41. The number of rotatable bonds is 3. The highest BCUT2D eigenvalue weighted by atomic mass is 16.5. The molecule has 2 amide bonds. The molecule has 22 heavy (non-hydrogen) atoms. The second kappa shape index (κ2) is 6.47. The van der Waals surface area contributed by atoms with Crippen LogP contribution in [0.4, 0.5) is 10.5 Å². The van der Waals surface area contributed by atoms with E-state index in [9.17, 15) is 4.79 Å². The van der Waals surface area contributed by atoms with Gasteiger partial charge in [0.25, 0.3) is 0 Å². The number of nitrogens with zero attached hydrogens (tertiary/aromatic N) is 2. The summed E-state index contributed by atoms with van der Waals surface area (Å²) in [7, 11) is 0. The maximum absolute atomic E-state index is 12.3. The Bertz CT molecular complexity index is 645. The minimum Gasteiger partial charge on any atom is -0.472 e. The third-order valence-corrected chi connectivity index (χ3v) is 3.74. The summed E-state index contributed by atoms with van der Waals surface area (Å²) in [5.41, 5.74) is 1.90. The summed E-state index contributed by atoms with van der Waals surface area (Å²) in [6.45, 7) is 3.25. The second-order valence-corrected chi connectivity index (χ2v) is 5.39. The number of hydrogen-bond acceptors (Lipinski definition) is 3. The zero-order valence-electron chi connectivity index (χ0n) is 12.5. The number of aromatic nitrogens is 1. The van der Waals surface area contributed by atoms with Gasteiger partial charge < -0.3 is 15.0 Å². The third kappa shape index (κ3) is 3.36. The van der Waals surface area contributed by atoms with Gasteiger partial charge in [0.05, 0.1) is 6.54 Å². The number of hydrogen-bond donors (Lipinski definition) is 1. The van der Waals surface area contributed by atoms with Gasteiger partial charge in [-0.2, -0.15) is 0 Å². The van der Waals surface area contributed by atoms with Crippen molar-refractivity contribution in [1.82, 2.24) is 9.88 Å². The fourth-order valence-electron chi connectivity index (χ4n) is 2.50. The van der Waals surface area contributed by atoms with E-state index < -0.39 is 0 Å². The Morgan fingerprint density at radius 3 is 2.86 bits per heavy atom. The van der Waals surface area contributed by atoms with Gasteiger partial charge in [0, 0.05) is 30.9 Å². The second-order valence-electron chi connectivity index (χ2n) is 5.39. The molecule has 0 aliphatic carbocycles. The average molecular weight is 297 g/mol. The van der Waals surface area contributed by atoms with Crippen molar-refractivity contribution in [2.45, 2.75) is 19.4 Å². The topological polar surface area (TPSA) is 54.5 Å². The molecule has 2 heterocycles. The molecule has 1 aliphatic heterocycles. The predicted octanol–water partition coefficient (Wildman–Crippen LogP) is 3.08. The van der Waals surface area contributed by atoms with Crippen LogP contribution in [-0.2, 0) is 0 Å². The van der Waals surface area contributed by atoms with E-state index in [1.165, 1.54) is 0 Å². The molecule has 1 aromatic carbocycles. The molecule has 1 aromatic heterocycles. The number of urea groups is 1. The summed E-state index contributed by atoms with van der Waals surface area (Å²) < 4.78 is 5.80. The van der Waals surface area contributed by atoms with Gasteiger partial charge in [-0.1, -0.05) is 24.3 Å². The normalized spacial score (nSPS) is 17.3. The molecule has 2 aromatic rings. The fourth-order valence-corrected chi connectivity index (χ4v) is 2.50. The molecule has 0 spiro atoms. The number of carbonyl (C=O) groups is 1. The van der Waals surface area contributed by atoms with E-state index in [1.807, 2.05) is 49.4 Å². The Balaban J connectivity index is 1.56. The van der Waals surface area contributed by atoms with Crippen LogP contribution in [-0.4, -0.2) is 35.1 Å². The van der Waals surface area contributed by atoms with Gasteiger partial charge in [-0.05, 0) is 24.6 Å². The quantitative estimate of drug-likeness (QED) is 0.947. The smallest absolute Gasteiger partial charge is 0.321 e. The summed E-state index contributed by atoms with van der Waals surface area (Å²) in [4.78, 5) is 18.2. The highest BCUT2D eigenvalue weighted by Gasteiger charge is 2.28. The van der Waals surface area contributed by atoms with Crippen molar-refractivity contribution in [2.75, 3.05) is 18.4 Å². The van der Waals surface area contributed by atoms with Crippen molar-refractivity contribution in [3.05, 3.63) is 54.2 Å². The molecule has 114 valence electrons. The average Bonchev–Trinajstić information content (AvgIpc) is 2.99. The molecule has 0 saturated carbocycles. The van der Waals surface area contributed by atoms with Gasteiger partial charge in [0.15, 0.2) is 0 Å². The van der Waals surface area contributed by atoms with Crippen LogP contribution in [0, 0.1) is 6.92 Å². The Labute approximate surface area is 129 Å². The van der Waals surface area contributed by atoms with Gasteiger partial charge >= 0.3 is 6.03 Å². The van der Waals surface area contributed by atoms with Crippen molar-refractivity contribution in [3.8, 4) is 5.88 Å². The van der Waals surface area contributed by atoms with Crippen LogP contribution in [0.5, 0.6) is 5.88 Å². The molecule has 0 unspecified atom stereocenters. The molecule has 1 saturated heterocycles. The summed E-state index contributed by atoms with van der Waals surface area (Å²) in [5.74, 6) is 0.605. The molecule has 5 nitrogen and oxygen atoms in total. The van der Waals surface area contributed by atoms with E-state index in [0.717, 1.165) is 17.7 Å². The standard InChI is InChI=1S/C17H19N3O2/c1-13-6-2-3-7-15(13)19-17(21)20-11-9-14(12-20)22-16-8-4-5-10-18-16/h2-8,10,14H,9,11-12H2,1H3,(H,19,21)/t14-/m1/s1. The number of pyridine rings is 1. The Hall–Kier alpha value is -2.56. The predicted molar refractivity (Wildman–Crippen MR) is 85.0 cm³/mol. The lowest BCUT2D eigenvalue weighted by atomic mass is 10.2. The highest BCUT2D eigenvalue weighted by molar-refractivity contribution is 5.90. The van der Waals surface area contributed by atoms with Crippen molar-refractivity contribution < 1.29 is 9.53 Å². The maximum Gasteiger partial charge on any atom is 0.321 e. The van der Waals surface area contributed by atoms with Gasteiger partial charge in [-0.3, -0.25) is 0 Å². The minimum atomic E-state index is -0.0820. The van der Waals surface area contributed by atoms with Crippen LogP contribution in [0.2, 0.25) is 0 Å². The third-order valence-electron chi connectivity index (χ3n) is 3.74. The lowest BCUT2D eigenvalue weighted by molar-refractivity contribution is 0.190. The van der Waals surface area contributed by atoms with Gasteiger partial charge in [-0.15, -0.1) is 0 Å². The molecule has 5 heteroatoms. The first-order chi connectivity index (χ1) is 10.7. The molecular weight excluding hydrogens is 278 g/mol. The lowest BCUT2D eigenvalue weighted by Gasteiger charge is -2.18. The summed E-state index contributed by atoms with van der Waals surface area (Å²) >= 11 is 0. The Morgan fingerprint density at radius 1 is 1.27 bits per heavy atom. The minimum absolute atomic E-state index is 0.00230. The number of carbonyl (C=O) groups excluding carboxylic acids is 1. The number of aryl methyl sites for hydroxylation is 1. The van der Waals surface area contributed by atoms with Crippen molar-refractivity contribution >= 4 is 11.7 Å². The van der Waals surface area contributed by atoms with Crippen molar-refractivity contribution in [3.63, 3.8) is 0 Å². The van der Waals surface area contributed by atoms with Crippen LogP contribution in [0.25, 0.3) is 0 Å². The maximum atomic E-state index is 12.3. The van der Waals surface area contributed by atoms with Crippen LogP contribution in [0.1, 0.15) is 12.0 Å². The van der Waals surface area contributed by atoms with Gasteiger partial charge in [0.1, 0.15) is 6.10 Å². The molecule has 1 aliphatic rings. The largest absolute Gasteiger partial charge is 0.472 e. The van der Waals surface area contributed by atoms with Crippen molar-refractivity contribution in [1.29, 1.82) is 0 Å².